The molecule has 7 nitrogen and oxygen atoms in total. The number of rotatable bonds is 3. The number of carboxylic acids is 1. The number of piperazine rings is 1. The number of hydrogen-bond donors (Lipinski definition) is 3. The summed E-state index contributed by atoms with van der Waals surface area (Å²) < 4.78 is 0. The van der Waals surface area contributed by atoms with Gasteiger partial charge in [-0.05, 0) is 6.92 Å². The zero-order valence-corrected chi connectivity index (χ0v) is 10.6. The lowest BCUT2D eigenvalue weighted by atomic mass is 10.2. The molecule has 1 aromatic rings. The number of hydrogen-bond acceptors (Lipinski definition) is 6. The van der Waals surface area contributed by atoms with Gasteiger partial charge >= 0.3 is 5.97 Å². The van der Waals surface area contributed by atoms with E-state index in [1.807, 2.05) is 4.90 Å². The van der Waals surface area contributed by atoms with Crippen molar-refractivity contribution in [1.29, 1.82) is 0 Å². The van der Waals surface area contributed by atoms with Crippen LogP contribution in [0.2, 0.25) is 0 Å². The van der Waals surface area contributed by atoms with Crippen molar-refractivity contribution in [1.82, 2.24) is 10.3 Å². The van der Waals surface area contributed by atoms with Crippen molar-refractivity contribution in [2.24, 2.45) is 5.73 Å². The third-order valence-electron chi connectivity index (χ3n) is 2.84. The highest BCUT2D eigenvalue weighted by Crippen LogP contribution is 2.25. The van der Waals surface area contributed by atoms with Crippen LogP contribution in [0.5, 0.6) is 0 Å². The molecule has 2 heterocycles. The van der Waals surface area contributed by atoms with Gasteiger partial charge < -0.3 is 21.1 Å². The molecule has 2 atom stereocenters. The molecule has 2 unspecified atom stereocenters. The van der Waals surface area contributed by atoms with E-state index >= 15 is 0 Å². The molecule has 1 fully saturated rings. The fourth-order valence-electron chi connectivity index (χ4n) is 1.72. The van der Waals surface area contributed by atoms with Gasteiger partial charge in [0.2, 0.25) is 5.91 Å². The Morgan fingerprint density at radius 2 is 2.50 bits per heavy atom. The van der Waals surface area contributed by atoms with E-state index in [-0.39, 0.29) is 11.9 Å². The topological polar surface area (TPSA) is 109 Å². The van der Waals surface area contributed by atoms with E-state index in [4.69, 9.17) is 10.8 Å². The zero-order valence-electron chi connectivity index (χ0n) is 9.79. The van der Waals surface area contributed by atoms with Gasteiger partial charge in [0.05, 0.1) is 5.69 Å². The Labute approximate surface area is 108 Å². The number of carbonyl (C=O) groups is 2. The van der Waals surface area contributed by atoms with Gasteiger partial charge in [-0.15, -0.1) is 11.3 Å². The molecule has 1 aliphatic rings. The van der Waals surface area contributed by atoms with Gasteiger partial charge in [0.15, 0.2) is 5.13 Å². The first-order chi connectivity index (χ1) is 8.50. The average molecular weight is 270 g/mol. The van der Waals surface area contributed by atoms with E-state index in [9.17, 15) is 9.59 Å². The van der Waals surface area contributed by atoms with Crippen LogP contribution in [0.15, 0.2) is 5.38 Å². The summed E-state index contributed by atoms with van der Waals surface area (Å²) in [6.45, 7) is 3.00. The molecule has 0 saturated carbocycles. The maximum absolute atomic E-state index is 11.5. The van der Waals surface area contributed by atoms with Crippen LogP contribution in [0, 0.1) is 0 Å². The summed E-state index contributed by atoms with van der Waals surface area (Å²) in [5.41, 5.74) is 5.81. The van der Waals surface area contributed by atoms with Crippen molar-refractivity contribution < 1.29 is 14.7 Å². The van der Waals surface area contributed by atoms with Crippen molar-refractivity contribution in [3.63, 3.8) is 0 Å². The monoisotopic (exact) mass is 270 g/mol. The van der Waals surface area contributed by atoms with Gasteiger partial charge in [-0.2, -0.15) is 0 Å². The van der Waals surface area contributed by atoms with Crippen LogP contribution in [0.3, 0.4) is 0 Å². The van der Waals surface area contributed by atoms with Crippen molar-refractivity contribution in [3.8, 4) is 0 Å². The fraction of sp³-hybridized carbons (Fsp3) is 0.500. The maximum Gasteiger partial charge on any atom is 0.326 e. The minimum absolute atomic E-state index is 0.0551. The number of nitrogens with one attached hydrogen (secondary N) is 1. The Bertz CT molecular complexity index is 475. The number of anilines is 1. The molecule has 1 aromatic heterocycles. The second-order valence-corrected chi connectivity index (χ2v) is 4.87. The molecule has 0 spiro atoms. The van der Waals surface area contributed by atoms with Crippen LogP contribution in [0.4, 0.5) is 5.13 Å². The first-order valence-electron chi connectivity index (χ1n) is 5.49. The number of carboxylic acid groups (broad SMARTS) is 1. The molecule has 1 aliphatic heterocycles. The van der Waals surface area contributed by atoms with E-state index in [2.05, 4.69) is 10.3 Å². The molecule has 18 heavy (non-hydrogen) atoms. The molecule has 0 radical (unpaired) electrons. The highest BCUT2D eigenvalue weighted by atomic mass is 32.1. The van der Waals surface area contributed by atoms with Crippen LogP contribution < -0.4 is 16.0 Å². The molecule has 0 aromatic carbocycles. The first-order valence-corrected chi connectivity index (χ1v) is 6.37. The van der Waals surface area contributed by atoms with Gasteiger partial charge in [-0.25, -0.2) is 4.98 Å². The van der Waals surface area contributed by atoms with E-state index in [1.54, 1.807) is 12.3 Å². The van der Waals surface area contributed by atoms with E-state index in [0.29, 0.717) is 23.9 Å². The quantitative estimate of drug-likeness (QED) is 0.686. The van der Waals surface area contributed by atoms with Crippen molar-refractivity contribution >= 4 is 28.3 Å². The Kier molecular flexibility index (Phi) is 3.48. The van der Waals surface area contributed by atoms with Gasteiger partial charge in [0.25, 0.3) is 0 Å². The largest absolute Gasteiger partial charge is 0.480 e. The Balaban J connectivity index is 2.19. The minimum Gasteiger partial charge on any atom is -0.480 e. The summed E-state index contributed by atoms with van der Waals surface area (Å²) in [5.74, 6) is -1.17. The number of aliphatic carboxylic acids is 1. The van der Waals surface area contributed by atoms with Crippen molar-refractivity contribution in [3.05, 3.63) is 11.1 Å². The molecule has 0 aliphatic carbocycles. The van der Waals surface area contributed by atoms with Gasteiger partial charge in [-0.1, -0.05) is 0 Å². The van der Waals surface area contributed by atoms with E-state index < -0.39 is 12.0 Å². The third kappa shape index (κ3) is 2.29. The van der Waals surface area contributed by atoms with Gasteiger partial charge in [-0.3, -0.25) is 9.59 Å². The van der Waals surface area contributed by atoms with E-state index in [1.165, 1.54) is 11.3 Å². The molecule has 1 saturated heterocycles. The molecule has 1 amide bonds. The van der Waals surface area contributed by atoms with Crippen LogP contribution >= 0.6 is 11.3 Å². The smallest absolute Gasteiger partial charge is 0.326 e. The second kappa shape index (κ2) is 4.91. The second-order valence-electron chi connectivity index (χ2n) is 4.03. The summed E-state index contributed by atoms with van der Waals surface area (Å²) in [5, 5.41) is 13.8. The number of nitrogens with two attached hydrogens (primary N) is 1. The third-order valence-corrected chi connectivity index (χ3v) is 3.74. The number of thiazole rings is 1. The van der Waals surface area contributed by atoms with Crippen molar-refractivity contribution in [2.45, 2.75) is 19.0 Å². The van der Waals surface area contributed by atoms with Gasteiger partial charge in [0, 0.05) is 18.5 Å². The predicted molar refractivity (Wildman–Crippen MR) is 66.5 cm³/mol. The normalized spacial score (nSPS) is 21.6. The number of nitrogens with zero attached hydrogens (tertiary/aromatic N) is 2. The Morgan fingerprint density at radius 1 is 1.78 bits per heavy atom. The van der Waals surface area contributed by atoms with Crippen LogP contribution in [-0.2, 0) is 9.59 Å². The molecule has 4 N–H and O–H groups in total. The lowest BCUT2D eigenvalue weighted by molar-refractivity contribution is -0.138. The van der Waals surface area contributed by atoms with E-state index in [0.717, 1.165) is 0 Å². The van der Waals surface area contributed by atoms with Crippen LogP contribution in [0.25, 0.3) is 0 Å². The first kappa shape index (κ1) is 12.8. The van der Waals surface area contributed by atoms with Crippen molar-refractivity contribution in [2.75, 3.05) is 18.0 Å². The molecule has 2 rings (SSSR count). The summed E-state index contributed by atoms with van der Waals surface area (Å²) in [6.07, 6.45) is 0. The Hall–Kier alpha value is -1.67. The number of amides is 1. The highest BCUT2D eigenvalue weighted by molar-refractivity contribution is 7.13. The fourth-order valence-corrected chi connectivity index (χ4v) is 2.69. The molecule has 98 valence electrons. The average Bonchev–Trinajstić information content (AvgIpc) is 2.80. The van der Waals surface area contributed by atoms with Gasteiger partial charge in [0.1, 0.15) is 12.1 Å². The molecule has 0 bridgehead atoms. The highest BCUT2D eigenvalue weighted by Gasteiger charge is 2.28. The molecular weight excluding hydrogens is 256 g/mol. The zero-order chi connectivity index (χ0) is 13.3. The molecule has 8 heteroatoms. The minimum atomic E-state index is -1.12. The summed E-state index contributed by atoms with van der Waals surface area (Å²) in [6, 6.07) is -1.43. The lowest BCUT2D eigenvalue weighted by Gasteiger charge is -2.32. The Morgan fingerprint density at radius 3 is 3.17 bits per heavy atom. The van der Waals surface area contributed by atoms with Crippen LogP contribution in [0.1, 0.15) is 18.7 Å². The SMILES string of the molecule is CC1C(=O)NCCN1c1nc(C(N)C(=O)O)cs1. The maximum atomic E-state index is 11.5. The number of aromatic nitrogens is 1. The summed E-state index contributed by atoms with van der Waals surface area (Å²) >= 11 is 1.30. The predicted octanol–water partition coefficient (Wildman–Crippen LogP) is -0.448. The summed E-state index contributed by atoms with van der Waals surface area (Å²) in [7, 11) is 0. The lowest BCUT2D eigenvalue weighted by Crippen LogP contribution is -2.54. The standard InChI is InChI=1S/C10H14N4O3S/c1-5-8(15)12-2-3-14(5)10-13-6(4-18-10)7(11)9(16)17/h4-5,7H,2-3,11H2,1H3,(H,12,15)(H,16,17). The number of carbonyl (C=O) groups excluding carboxylic acids is 1. The summed E-state index contributed by atoms with van der Waals surface area (Å²) in [4.78, 5) is 28.3. The molecular formula is C10H14N4O3S. The van der Waals surface area contributed by atoms with Crippen LogP contribution in [-0.4, -0.2) is 41.1 Å².